The zero-order valence-corrected chi connectivity index (χ0v) is 15.9. The summed E-state index contributed by atoms with van der Waals surface area (Å²) in [5.74, 6) is 1.56. The molecule has 0 amide bonds. The molecule has 0 saturated heterocycles. The molecule has 0 bridgehead atoms. The van der Waals surface area contributed by atoms with E-state index in [4.69, 9.17) is 10.8 Å². The summed E-state index contributed by atoms with van der Waals surface area (Å²) in [5, 5.41) is 17.6. The quantitative estimate of drug-likeness (QED) is 0.397. The summed E-state index contributed by atoms with van der Waals surface area (Å²) in [4.78, 5) is 0. The van der Waals surface area contributed by atoms with Crippen molar-refractivity contribution >= 4 is 33.6 Å². The lowest BCUT2D eigenvalue weighted by Crippen LogP contribution is -1.96. The van der Waals surface area contributed by atoms with Crippen molar-refractivity contribution in [2.75, 3.05) is 0 Å². The molecular weight excluding hydrogens is 356 g/mol. The molecule has 0 aliphatic carbocycles. The predicted octanol–water partition coefficient (Wildman–Crippen LogP) is 6.20. The van der Waals surface area contributed by atoms with Gasteiger partial charge in [0.2, 0.25) is 0 Å². The molecule has 0 radical (unpaired) electrons. The van der Waals surface area contributed by atoms with Crippen molar-refractivity contribution in [2.45, 2.75) is 11.5 Å². The minimum atomic E-state index is 0.594. The van der Waals surface area contributed by atoms with E-state index in [9.17, 15) is 0 Å². The lowest BCUT2D eigenvalue weighted by molar-refractivity contribution is 1.33. The van der Waals surface area contributed by atoms with E-state index >= 15 is 0 Å². The van der Waals surface area contributed by atoms with Gasteiger partial charge in [0.15, 0.2) is 0 Å². The van der Waals surface area contributed by atoms with Crippen molar-refractivity contribution in [2.24, 2.45) is 0 Å². The van der Waals surface area contributed by atoms with Crippen molar-refractivity contribution in [3.05, 3.63) is 107 Å². The van der Waals surface area contributed by atoms with Gasteiger partial charge < -0.3 is 0 Å². The molecule has 2 N–H and O–H groups in total. The van der Waals surface area contributed by atoms with Crippen LogP contribution in [-0.2, 0) is 11.5 Å². The summed E-state index contributed by atoms with van der Waals surface area (Å²) in [6, 6.07) is 28.1. The van der Waals surface area contributed by atoms with Crippen molar-refractivity contribution in [1.82, 2.24) is 0 Å². The van der Waals surface area contributed by atoms with Crippen LogP contribution in [0.2, 0.25) is 0 Å². The second-order valence-corrected chi connectivity index (χ2v) is 7.76. The van der Waals surface area contributed by atoms with Crippen molar-refractivity contribution in [3.8, 4) is 0 Å². The van der Waals surface area contributed by atoms with Gasteiger partial charge in [0, 0.05) is 22.6 Å². The van der Waals surface area contributed by atoms with E-state index in [0.717, 1.165) is 22.6 Å². The van der Waals surface area contributed by atoms with E-state index in [-0.39, 0.29) is 0 Å². The Bertz CT molecular complexity index is 806. The van der Waals surface area contributed by atoms with Gasteiger partial charge in [0.25, 0.3) is 0 Å². The third-order valence-corrected chi connectivity index (χ3v) is 5.83. The first-order valence-corrected chi connectivity index (χ1v) is 10.3. The topological polar surface area (TPSA) is 47.7 Å². The molecule has 0 spiro atoms. The first kappa shape index (κ1) is 18.5. The third-order valence-electron chi connectivity index (χ3n) is 3.83. The highest BCUT2D eigenvalue weighted by molar-refractivity contribution is 8.13. The summed E-state index contributed by atoms with van der Waals surface area (Å²) < 4.78 is 0. The molecule has 3 aromatic carbocycles. The molecule has 2 nitrogen and oxygen atoms in total. The molecular formula is C22H20N2S2. The fraction of sp³-hybridized carbons (Fsp3) is 0.0909. The van der Waals surface area contributed by atoms with Crippen molar-refractivity contribution in [1.29, 1.82) is 10.8 Å². The van der Waals surface area contributed by atoms with Crippen LogP contribution in [-0.4, -0.2) is 10.1 Å². The van der Waals surface area contributed by atoms with Crippen LogP contribution in [0.3, 0.4) is 0 Å². The van der Waals surface area contributed by atoms with Gasteiger partial charge in [-0.3, -0.25) is 10.8 Å². The molecule has 0 heterocycles. The normalized spacial score (nSPS) is 10.5. The van der Waals surface area contributed by atoms with E-state index in [1.807, 2.05) is 60.7 Å². The molecule has 4 heteroatoms. The molecule has 3 aromatic rings. The Hall–Kier alpha value is -2.30. The van der Waals surface area contributed by atoms with Crippen LogP contribution in [0.1, 0.15) is 22.3 Å². The van der Waals surface area contributed by atoms with E-state index < -0.39 is 0 Å². The Kier molecular flexibility index (Phi) is 6.69. The summed E-state index contributed by atoms with van der Waals surface area (Å²) in [6.45, 7) is 0. The van der Waals surface area contributed by atoms with Gasteiger partial charge in [0.05, 0.1) is 10.1 Å². The lowest BCUT2D eigenvalue weighted by Gasteiger charge is -2.07. The Balaban J connectivity index is 1.55. The van der Waals surface area contributed by atoms with Crippen LogP contribution >= 0.6 is 23.5 Å². The molecule has 0 atom stereocenters. The number of rotatable bonds is 6. The highest BCUT2D eigenvalue weighted by atomic mass is 32.2. The van der Waals surface area contributed by atoms with Gasteiger partial charge in [-0.15, -0.1) is 23.5 Å². The second-order valence-electron chi connectivity index (χ2n) is 5.79. The number of benzene rings is 3. The summed E-state index contributed by atoms with van der Waals surface area (Å²) >= 11 is 3.09. The highest BCUT2D eigenvalue weighted by Gasteiger charge is 2.05. The summed E-state index contributed by atoms with van der Waals surface area (Å²) in [7, 11) is 0. The SMILES string of the molecule is N=C(SCc1cccc(CSC(=N)c2ccccc2)c1)c1ccccc1. The van der Waals surface area contributed by atoms with Crippen LogP contribution in [0.15, 0.2) is 84.9 Å². The second kappa shape index (κ2) is 9.41. The Labute approximate surface area is 163 Å². The monoisotopic (exact) mass is 376 g/mol. The fourth-order valence-corrected chi connectivity index (χ4v) is 4.05. The third kappa shape index (κ3) is 5.35. The minimum absolute atomic E-state index is 0.594. The molecule has 0 saturated carbocycles. The molecule has 3 rings (SSSR count). The van der Waals surface area contributed by atoms with E-state index in [2.05, 4.69) is 24.3 Å². The largest absolute Gasteiger partial charge is 0.293 e. The average molecular weight is 377 g/mol. The maximum Gasteiger partial charge on any atom is 0.0945 e. The number of hydrogen-bond donors (Lipinski definition) is 2. The highest BCUT2D eigenvalue weighted by Crippen LogP contribution is 2.22. The fourth-order valence-electron chi connectivity index (χ4n) is 2.47. The van der Waals surface area contributed by atoms with E-state index in [0.29, 0.717) is 10.1 Å². The van der Waals surface area contributed by atoms with Crippen LogP contribution < -0.4 is 0 Å². The van der Waals surface area contributed by atoms with Crippen LogP contribution in [0, 0.1) is 10.8 Å². The molecule has 0 aliphatic heterocycles. The lowest BCUT2D eigenvalue weighted by atomic mass is 10.2. The average Bonchev–Trinajstić information content (AvgIpc) is 2.72. The van der Waals surface area contributed by atoms with Gasteiger partial charge >= 0.3 is 0 Å². The van der Waals surface area contributed by atoms with Crippen LogP contribution in [0.5, 0.6) is 0 Å². The van der Waals surface area contributed by atoms with Gasteiger partial charge in [0.1, 0.15) is 0 Å². The first-order chi connectivity index (χ1) is 12.7. The number of nitrogens with one attached hydrogen (secondary N) is 2. The Morgan fingerprint density at radius 1 is 0.577 bits per heavy atom. The first-order valence-electron chi connectivity index (χ1n) is 8.34. The smallest absolute Gasteiger partial charge is 0.0945 e. The van der Waals surface area contributed by atoms with Crippen LogP contribution in [0.25, 0.3) is 0 Å². The van der Waals surface area contributed by atoms with E-state index in [1.54, 1.807) is 23.5 Å². The van der Waals surface area contributed by atoms with Gasteiger partial charge in [-0.2, -0.15) is 0 Å². The van der Waals surface area contributed by atoms with Crippen molar-refractivity contribution in [3.63, 3.8) is 0 Å². The molecule has 0 aliphatic rings. The van der Waals surface area contributed by atoms with Gasteiger partial charge in [-0.25, -0.2) is 0 Å². The van der Waals surface area contributed by atoms with Gasteiger partial charge in [-0.1, -0.05) is 84.9 Å². The molecule has 0 fully saturated rings. The van der Waals surface area contributed by atoms with Crippen LogP contribution in [0.4, 0.5) is 0 Å². The van der Waals surface area contributed by atoms with Gasteiger partial charge in [-0.05, 0) is 11.1 Å². The molecule has 130 valence electrons. The number of thioether (sulfide) groups is 2. The standard InChI is InChI=1S/C22H20N2S2/c23-21(19-10-3-1-4-11-19)25-15-17-8-7-9-18(14-17)16-26-22(24)20-12-5-2-6-13-20/h1-14,23-24H,15-16H2. The maximum atomic E-state index is 8.20. The molecule has 0 unspecified atom stereocenters. The van der Waals surface area contributed by atoms with Crippen molar-refractivity contribution < 1.29 is 0 Å². The molecule has 0 aromatic heterocycles. The Morgan fingerprint density at radius 2 is 1.00 bits per heavy atom. The summed E-state index contributed by atoms with van der Waals surface area (Å²) in [6.07, 6.45) is 0. The number of hydrogen-bond acceptors (Lipinski definition) is 4. The zero-order valence-electron chi connectivity index (χ0n) is 14.3. The predicted molar refractivity (Wildman–Crippen MR) is 116 cm³/mol. The summed E-state index contributed by atoms with van der Waals surface area (Å²) in [5.41, 5.74) is 4.33. The minimum Gasteiger partial charge on any atom is -0.293 e. The molecule has 26 heavy (non-hydrogen) atoms. The Morgan fingerprint density at radius 3 is 1.42 bits per heavy atom. The zero-order chi connectivity index (χ0) is 18.2. The maximum absolute atomic E-state index is 8.20. The van der Waals surface area contributed by atoms with E-state index in [1.165, 1.54) is 11.1 Å².